The van der Waals surface area contributed by atoms with Crippen LogP contribution in [0.25, 0.3) is 0 Å². The van der Waals surface area contributed by atoms with Crippen LogP contribution in [0.3, 0.4) is 0 Å². The highest BCUT2D eigenvalue weighted by Crippen LogP contribution is 2.39. The number of alkyl halides is 3. The van der Waals surface area contributed by atoms with Crippen LogP contribution in [0, 0.1) is 11.7 Å². The van der Waals surface area contributed by atoms with E-state index < -0.39 is 17.7 Å². The minimum absolute atomic E-state index is 0.151. The van der Waals surface area contributed by atoms with E-state index in [1.165, 1.54) is 23.8 Å². The molecule has 5 rings (SSSR count). The zero-order valence-corrected chi connectivity index (χ0v) is 20.3. The lowest BCUT2D eigenvalue weighted by Gasteiger charge is -2.49. The molecule has 3 aromatic carbocycles. The van der Waals surface area contributed by atoms with Gasteiger partial charge in [0.1, 0.15) is 5.82 Å². The quantitative estimate of drug-likeness (QED) is 0.470. The molecule has 4 nitrogen and oxygen atoms in total. The number of nitrogens with zero attached hydrogens (tertiary/aromatic N) is 2. The van der Waals surface area contributed by atoms with Crippen LogP contribution in [-0.4, -0.2) is 43.0 Å². The number of benzene rings is 3. The van der Waals surface area contributed by atoms with E-state index in [-0.39, 0.29) is 30.7 Å². The minimum atomic E-state index is -4.44. The molecule has 194 valence electrons. The number of anilines is 1. The Labute approximate surface area is 213 Å². The van der Waals surface area contributed by atoms with Gasteiger partial charge in [0.2, 0.25) is 5.91 Å². The van der Waals surface area contributed by atoms with Crippen molar-refractivity contribution in [3.8, 4) is 0 Å². The number of nitrogens with one attached hydrogen (secondary N) is 1. The van der Waals surface area contributed by atoms with Crippen molar-refractivity contribution in [2.75, 3.05) is 31.1 Å². The first-order chi connectivity index (χ1) is 17.8. The Kier molecular flexibility index (Phi) is 7.20. The van der Waals surface area contributed by atoms with Crippen molar-refractivity contribution >= 4 is 11.6 Å². The van der Waals surface area contributed by atoms with Crippen molar-refractivity contribution < 1.29 is 22.4 Å². The van der Waals surface area contributed by atoms with Gasteiger partial charge in [-0.05, 0) is 59.9 Å². The van der Waals surface area contributed by atoms with Crippen LogP contribution in [0.1, 0.15) is 22.3 Å². The fraction of sp³-hybridized carbons (Fsp3) is 0.345. The first kappa shape index (κ1) is 25.3. The largest absolute Gasteiger partial charge is 0.416 e. The predicted molar refractivity (Wildman–Crippen MR) is 135 cm³/mol. The molecule has 1 N–H and O–H groups in total. The Balaban J connectivity index is 1.36. The number of hydrogen-bond acceptors (Lipinski definition) is 3. The maximum atomic E-state index is 13.4. The summed E-state index contributed by atoms with van der Waals surface area (Å²) >= 11 is 0. The molecule has 0 aliphatic carbocycles. The van der Waals surface area contributed by atoms with Gasteiger partial charge in [0, 0.05) is 38.4 Å². The fourth-order valence-electron chi connectivity index (χ4n) is 5.42. The normalized spacial score (nSPS) is 19.7. The second-order valence-corrected chi connectivity index (χ2v) is 9.79. The maximum absolute atomic E-state index is 13.4. The molecule has 37 heavy (non-hydrogen) atoms. The number of halogens is 4. The topological polar surface area (TPSA) is 35.6 Å². The van der Waals surface area contributed by atoms with Gasteiger partial charge in [-0.15, -0.1) is 0 Å². The summed E-state index contributed by atoms with van der Waals surface area (Å²) in [6, 6.07) is 19.8. The highest BCUT2D eigenvalue weighted by Gasteiger charge is 2.42. The van der Waals surface area contributed by atoms with Crippen molar-refractivity contribution in [3.63, 3.8) is 0 Å². The molecule has 2 atom stereocenters. The second-order valence-electron chi connectivity index (χ2n) is 9.79. The standard InChI is InChI=1S/C29H29F4N3O/c30-24-9-6-21(7-10-24)18-34-28(37)25-17-22-16-23(29(31,32)33)8-11-26(22)36-15-14-35(19-27(25)36)13-12-20-4-2-1-3-5-20/h1-11,16,25,27H,12-15,17-19H2,(H,34,37). The van der Waals surface area contributed by atoms with Gasteiger partial charge < -0.3 is 10.2 Å². The Morgan fingerprint density at radius 2 is 1.70 bits per heavy atom. The van der Waals surface area contributed by atoms with Crippen molar-refractivity contribution in [2.24, 2.45) is 5.92 Å². The van der Waals surface area contributed by atoms with E-state index in [0.29, 0.717) is 18.7 Å². The first-order valence-electron chi connectivity index (χ1n) is 12.5. The van der Waals surface area contributed by atoms with E-state index >= 15 is 0 Å². The molecular formula is C29H29F4N3O. The van der Waals surface area contributed by atoms with Crippen LogP contribution in [-0.2, 0) is 30.4 Å². The van der Waals surface area contributed by atoms with E-state index in [4.69, 9.17) is 0 Å². The maximum Gasteiger partial charge on any atom is 0.416 e. The summed E-state index contributed by atoms with van der Waals surface area (Å²) in [5, 5.41) is 2.94. The van der Waals surface area contributed by atoms with Crippen LogP contribution in [0.4, 0.5) is 23.2 Å². The van der Waals surface area contributed by atoms with E-state index in [1.54, 1.807) is 18.2 Å². The summed E-state index contributed by atoms with van der Waals surface area (Å²) in [6.07, 6.45) is -3.31. The Morgan fingerprint density at radius 3 is 2.43 bits per heavy atom. The van der Waals surface area contributed by atoms with Crippen LogP contribution in [0.5, 0.6) is 0 Å². The number of hydrogen-bond donors (Lipinski definition) is 1. The lowest BCUT2D eigenvalue weighted by Crippen LogP contribution is -2.61. The Hall–Kier alpha value is -3.39. The van der Waals surface area contributed by atoms with Gasteiger partial charge in [0.05, 0.1) is 17.5 Å². The Bertz CT molecular complexity index is 1230. The lowest BCUT2D eigenvalue weighted by molar-refractivity contribution is -0.137. The monoisotopic (exact) mass is 511 g/mol. The second kappa shape index (κ2) is 10.5. The van der Waals surface area contributed by atoms with E-state index in [9.17, 15) is 22.4 Å². The molecule has 0 radical (unpaired) electrons. The zero-order chi connectivity index (χ0) is 26.0. The predicted octanol–water partition coefficient (Wildman–Crippen LogP) is 5.07. The molecule has 1 fully saturated rings. The van der Waals surface area contributed by atoms with Crippen molar-refractivity contribution in [3.05, 3.63) is 101 Å². The molecule has 8 heteroatoms. The molecular weight excluding hydrogens is 482 g/mol. The summed E-state index contributed by atoms with van der Waals surface area (Å²) < 4.78 is 53.5. The first-order valence-corrected chi connectivity index (χ1v) is 12.5. The Morgan fingerprint density at radius 1 is 0.946 bits per heavy atom. The smallest absolute Gasteiger partial charge is 0.365 e. The lowest BCUT2D eigenvalue weighted by atomic mass is 9.82. The van der Waals surface area contributed by atoms with Gasteiger partial charge in [-0.1, -0.05) is 42.5 Å². The molecule has 3 aromatic rings. The highest BCUT2D eigenvalue weighted by molar-refractivity contribution is 5.82. The molecule has 1 saturated heterocycles. The number of amides is 1. The molecule has 2 unspecified atom stereocenters. The molecule has 2 aliphatic rings. The van der Waals surface area contributed by atoms with Crippen molar-refractivity contribution in [1.29, 1.82) is 0 Å². The van der Waals surface area contributed by atoms with Gasteiger partial charge in [-0.2, -0.15) is 13.2 Å². The van der Waals surface area contributed by atoms with Gasteiger partial charge in [0.15, 0.2) is 0 Å². The molecule has 0 spiro atoms. The number of rotatable bonds is 6. The van der Waals surface area contributed by atoms with Crippen LogP contribution >= 0.6 is 0 Å². The molecule has 0 aromatic heterocycles. The average Bonchev–Trinajstić information content (AvgIpc) is 2.90. The van der Waals surface area contributed by atoms with E-state index in [0.717, 1.165) is 36.8 Å². The number of piperazine rings is 1. The molecule has 2 aliphatic heterocycles. The average molecular weight is 512 g/mol. The third-order valence-electron chi connectivity index (χ3n) is 7.40. The number of fused-ring (bicyclic) bond motifs is 3. The summed E-state index contributed by atoms with van der Waals surface area (Å²) in [5.74, 6) is -1.06. The van der Waals surface area contributed by atoms with Gasteiger partial charge in [0.25, 0.3) is 0 Å². The highest BCUT2D eigenvalue weighted by atomic mass is 19.4. The molecule has 0 bridgehead atoms. The number of carbonyl (C=O) groups excluding carboxylic acids is 1. The van der Waals surface area contributed by atoms with Gasteiger partial charge in [-0.25, -0.2) is 4.39 Å². The van der Waals surface area contributed by atoms with Gasteiger partial charge >= 0.3 is 6.18 Å². The zero-order valence-electron chi connectivity index (χ0n) is 20.3. The fourth-order valence-corrected chi connectivity index (χ4v) is 5.42. The van der Waals surface area contributed by atoms with Crippen LogP contribution < -0.4 is 10.2 Å². The molecule has 2 heterocycles. The van der Waals surface area contributed by atoms with E-state index in [1.807, 2.05) is 18.2 Å². The van der Waals surface area contributed by atoms with Crippen molar-refractivity contribution in [1.82, 2.24) is 10.2 Å². The molecule has 1 amide bonds. The summed E-state index contributed by atoms with van der Waals surface area (Å²) in [5.41, 5.74) is 2.63. The third kappa shape index (κ3) is 5.80. The van der Waals surface area contributed by atoms with Crippen LogP contribution in [0.2, 0.25) is 0 Å². The SMILES string of the molecule is O=C(NCc1ccc(F)cc1)C1Cc2cc(C(F)(F)F)ccc2N2CCN(CCc3ccccc3)CC12. The van der Waals surface area contributed by atoms with Crippen molar-refractivity contribution in [2.45, 2.75) is 31.6 Å². The van der Waals surface area contributed by atoms with E-state index in [2.05, 4.69) is 27.2 Å². The summed E-state index contributed by atoms with van der Waals surface area (Å²) in [4.78, 5) is 17.9. The minimum Gasteiger partial charge on any atom is -0.365 e. The van der Waals surface area contributed by atoms with Crippen LogP contribution in [0.15, 0.2) is 72.8 Å². The molecule has 0 saturated carbocycles. The van der Waals surface area contributed by atoms with Gasteiger partial charge in [-0.3, -0.25) is 9.69 Å². The summed E-state index contributed by atoms with van der Waals surface area (Å²) in [6.45, 7) is 3.14. The summed E-state index contributed by atoms with van der Waals surface area (Å²) in [7, 11) is 0. The third-order valence-corrected chi connectivity index (χ3v) is 7.40. The number of carbonyl (C=O) groups is 1.